The molecular weight excluding hydrogens is 218 g/mol. The number of para-hydroxylation sites is 1. The molecule has 0 unspecified atom stereocenters. The number of carboxylic acid groups (broad SMARTS) is 1. The molecule has 1 aromatic carbocycles. The van der Waals surface area contributed by atoms with E-state index in [4.69, 9.17) is 10.8 Å². The van der Waals surface area contributed by atoms with Crippen LogP contribution in [0.15, 0.2) is 18.2 Å². The highest BCUT2D eigenvalue weighted by atomic mass is 16.4. The highest BCUT2D eigenvalue weighted by Crippen LogP contribution is 2.24. The summed E-state index contributed by atoms with van der Waals surface area (Å²) >= 11 is 0. The average molecular weight is 233 g/mol. The minimum absolute atomic E-state index is 0.0267. The zero-order valence-electron chi connectivity index (χ0n) is 9.84. The number of nitrogens with two attached hydrogens (primary N) is 1. The molecule has 0 aliphatic heterocycles. The third-order valence-electron chi connectivity index (χ3n) is 2.72. The van der Waals surface area contributed by atoms with Crippen molar-refractivity contribution < 1.29 is 9.90 Å². The lowest BCUT2D eigenvalue weighted by atomic mass is 10.1. The normalized spacial score (nSPS) is 11.3. The second-order valence-electron chi connectivity index (χ2n) is 4.19. The fourth-order valence-corrected chi connectivity index (χ4v) is 2.04. The van der Waals surface area contributed by atoms with E-state index in [2.05, 4.69) is 4.98 Å². The van der Waals surface area contributed by atoms with E-state index < -0.39 is 5.97 Å². The summed E-state index contributed by atoms with van der Waals surface area (Å²) in [6.07, 6.45) is 0. The maximum absolute atomic E-state index is 11.2. The second-order valence-corrected chi connectivity index (χ2v) is 4.19. The fraction of sp³-hybridized carbons (Fsp3) is 0.333. The quantitative estimate of drug-likeness (QED) is 0.846. The Balaban J connectivity index is 2.86. The van der Waals surface area contributed by atoms with Crippen LogP contribution < -0.4 is 5.73 Å². The Morgan fingerprint density at radius 2 is 2.24 bits per heavy atom. The van der Waals surface area contributed by atoms with Crippen molar-refractivity contribution in [2.24, 2.45) is 5.73 Å². The molecule has 2 aromatic rings. The van der Waals surface area contributed by atoms with E-state index in [-0.39, 0.29) is 11.9 Å². The second kappa shape index (κ2) is 4.18. The molecule has 0 amide bonds. The molecule has 0 aliphatic rings. The largest absolute Gasteiger partial charge is 0.475 e. The van der Waals surface area contributed by atoms with Crippen molar-refractivity contribution in [1.82, 2.24) is 9.55 Å². The maximum atomic E-state index is 11.2. The first-order valence-corrected chi connectivity index (χ1v) is 5.49. The zero-order chi connectivity index (χ0) is 12.6. The van der Waals surface area contributed by atoms with Crippen LogP contribution in [0.2, 0.25) is 0 Å². The van der Waals surface area contributed by atoms with Gasteiger partial charge in [0.2, 0.25) is 5.82 Å². The number of rotatable bonds is 3. The molecule has 0 fully saturated rings. The van der Waals surface area contributed by atoms with E-state index in [1.54, 1.807) is 10.6 Å². The molecule has 5 heteroatoms. The summed E-state index contributed by atoms with van der Waals surface area (Å²) in [6, 6.07) is 5.57. The molecule has 0 saturated heterocycles. The van der Waals surface area contributed by atoms with Crippen LogP contribution in [-0.2, 0) is 6.54 Å². The monoisotopic (exact) mass is 233 g/mol. The number of benzene rings is 1. The van der Waals surface area contributed by atoms with Crippen molar-refractivity contribution in [3.05, 3.63) is 29.6 Å². The minimum atomic E-state index is -1.02. The van der Waals surface area contributed by atoms with E-state index in [0.717, 1.165) is 11.1 Å². The predicted octanol–water partition coefficient (Wildman–Crippen LogP) is 1.77. The zero-order valence-corrected chi connectivity index (χ0v) is 9.84. The van der Waals surface area contributed by atoms with E-state index in [1.165, 1.54) is 0 Å². The molecule has 90 valence electrons. The van der Waals surface area contributed by atoms with Crippen LogP contribution in [0.25, 0.3) is 11.0 Å². The number of hydrogen-bond acceptors (Lipinski definition) is 3. The van der Waals surface area contributed by atoms with E-state index in [1.807, 2.05) is 26.0 Å². The molecule has 2 rings (SSSR count). The van der Waals surface area contributed by atoms with Gasteiger partial charge in [0.1, 0.15) is 0 Å². The van der Waals surface area contributed by atoms with Gasteiger partial charge in [0.15, 0.2) is 0 Å². The van der Waals surface area contributed by atoms with Gasteiger partial charge in [0.05, 0.1) is 11.0 Å². The van der Waals surface area contributed by atoms with Crippen LogP contribution in [0.3, 0.4) is 0 Å². The molecule has 0 saturated carbocycles. The Labute approximate surface area is 98.9 Å². The molecule has 0 atom stereocenters. The first kappa shape index (κ1) is 11.6. The number of hydrogen-bond donors (Lipinski definition) is 2. The Hall–Kier alpha value is -1.88. The van der Waals surface area contributed by atoms with Gasteiger partial charge in [-0.05, 0) is 25.5 Å². The standard InChI is InChI=1S/C12H15N3O2/c1-7(2)15-10-8(6-13)4-3-5-9(10)14-11(15)12(16)17/h3-5,7H,6,13H2,1-2H3,(H,16,17). The van der Waals surface area contributed by atoms with Crippen LogP contribution in [0.5, 0.6) is 0 Å². The van der Waals surface area contributed by atoms with Gasteiger partial charge >= 0.3 is 5.97 Å². The van der Waals surface area contributed by atoms with Crippen molar-refractivity contribution >= 4 is 17.0 Å². The van der Waals surface area contributed by atoms with Gasteiger partial charge in [-0.1, -0.05) is 12.1 Å². The number of fused-ring (bicyclic) bond motifs is 1. The Bertz CT molecular complexity index is 572. The van der Waals surface area contributed by atoms with Gasteiger partial charge < -0.3 is 15.4 Å². The Morgan fingerprint density at radius 1 is 1.53 bits per heavy atom. The third-order valence-corrected chi connectivity index (χ3v) is 2.72. The van der Waals surface area contributed by atoms with Crippen LogP contribution in [0, 0.1) is 0 Å². The lowest BCUT2D eigenvalue weighted by molar-refractivity contribution is 0.0677. The Morgan fingerprint density at radius 3 is 2.76 bits per heavy atom. The SMILES string of the molecule is CC(C)n1c(C(=O)O)nc2cccc(CN)c21. The molecule has 0 aliphatic carbocycles. The van der Waals surface area contributed by atoms with Crippen LogP contribution in [0.4, 0.5) is 0 Å². The van der Waals surface area contributed by atoms with Gasteiger partial charge in [-0.15, -0.1) is 0 Å². The first-order chi connectivity index (χ1) is 8.06. The lowest BCUT2D eigenvalue weighted by Gasteiger charge is -2.12. The molecule has 0 bridgehead atoms. The molecule has 1 heterocycles. The molecule has 3 N–H and O–H groups in total. The highest BCUT2D eigenvalue weighted by Gasteiger charge is 2.20. The van der Waals surface area contributed by atoms with Crippen molar-refractivity contribution in [3.8, 4) is 0 Å². The van der Waals surface area contributed by atoms with Crippen molar-refractivity contribution in [2.75, 3.05) is 0 Å². The van der Waals surface area contributed by atoms with E-state index in [9.17, 15) is 4.79 Å². The number of carbonyl (C=O) groups is 1. The molecule has 0 radical (unpaired) electrons. The summed E-state index contributed by atoms with van der Waals surface area (Å²) in [5.74, 6) is -0.950. The van der Waals surface area contributed by atoms with E-state index >= 15 is 0 Å². The van der Waals surface area contributed by atoms with Crippen molar-refractivity contribution in [2.45, 2.75) is 26.4 Å². The number of imidazole rings is 1. The summed E-state index contributed by atoms with van der Waals surface area (Å²) in [6.45, 7) is 4.23. The molecule has 5 nitrogen and oxygen atoms in total. The maximum Gasteiger partial charge on any atom is 0.372 e. The van der Waals surface area contributed by atoms with Crippen molar-refractivity contribution in [1.29, 1.82) is 0 Å². The van der Waals surface area contributed by atoms with Crippen molar-refractivity contribution in [3.63, 3.8) is 0 Å². The number of aromatic nitrogens is 2. The number of aromatic carboxylic acids is 1. The third kappa shape index (κ3) is 1.78. The van der Waals surface area contributed by atoms with Gasteiger partial charge in [0, 0.05) is 12.6 Å². The van der Waals surface area contributed by atoms with Gasteiger partial charge in [-0.3, -0.25) is 0 Å². The van der Waals surface area contributed by atoms with Gasteiger partial charge in [-0.25, -0.2) is 9.78 Å². The summed E-state index contributed by atoms with van der Waals surface area (Å²) in [5.41, 5.74) is 8.10. The molecule has 0 spiro atoms. The van der Waals surface area contributed by atoms with Gasteiger partial charge in [-0.2, -0.15) is 0 Å². The summed E-state index contributed by atoms with van der Waals surface area (Å²) in [4.78, 5) is 15.3. The highest BCUT2D eigenvalue weighted by molar-refractivity contribution is 5.91. The van der Waals surface area contributed by atoms with Gasteiger partial charge in [0.25, 0.3) is 0 Å². The predicted molar refractivity (Wildman–Crippen MR) is 65.0 cm³/mol. The minimum Gasteiger partial charge on any atom is -0.475 e. The van der Waals surface area contributed by atoms with E-state index in [0.29, 0.717) is 12.1 Å². The number of carboxylic acids is 1. The average Bonchev–Trinajstić information content (AvgIpc) is 2.67. The summed E-state index contributed by atoms with van der Waals surface area (Å²) < 4.78 is 1.72. The molecular formula is C12H15N3O2. The molecule has 1 aromatic heterocycles. The first-order valence-electron chi connectivity index (χ1n) is 5.49. The number of nitrogens with zero attached hydrogens (tertiary/aromatic N) is 2. The topological polar surface area (TPSA) is 81.1 Å². The fourth-order valence-electron chi connectivity index (χ4n) is 2.04. The van der Waals surface area contributed by atoms with Crippen LogP contribution in [-0.4, -0.2) is 20.6 Å². The van der Waals surface area contributed by atoms with Crippen LogP contribution >= 0.6 is 0 Å². The lowest BCUT2D eigenvalue weighted by Crippen LogP contribution is -2.12. The molecule has 17 heavy (non-hydrogen) atoms. The van der Waals surface area contributed by atoms with Crippen LogP contribution in [0.1, 0.15) is 36.1 Å². The summed E-state index contributed by atoms with van der Waals surface area (Å²) in [7, 11) is 0. The smallest absolute Gasteiger partial charge is 0.372 e. The summed E-state index contributed by atoms with van der Waals surface area (Å²) in [5, 5.41) is 9.16. The Kier molecular flexibility index (Phi) is 2.85.